The third kappa shape index (κ3) is 7.33. The smallest absolute Gasteiger partial charge is 0.416 e. The van der Waals surface area contributed by atoms with Crippen LogP contribution in [0.2, 0.25) is 0 Å². The van der Waals surface area contributed by atoms with Gasteiger partial charge in [-0.15, -0.1) is 0 Å². The number of methoxy groups -OCH3 is 1. The molecule has 0 bridgehead atoms. The molecule has 0 aliphatic carbocycles. The Morgan fingerprint density at radius 1 is 1.04 bits per heavy atom. The molecule has 4 aromatic rings. The van der Waals surface area contributed by atoms with Crippen molar-refractivity contribution in [2.75, 3.05) is 7.11 Å². The molecule has 1 aliphatic heterocycles. The lowest BCUT2D eigenvalue weighted by Gasteiger charge is -2.47. The van der Waals surface area contributed by atoms with Gasteiger partial charge in [0.15, 0.2) is 18.0 Å². The number of aryl methyl sites for hydroxylation is 1. The molecule has 1 saturated heterocycles. The van der Waals surface area contributed by atoms with E-state index in [1.165, 1.54) is 50.4 Å². The van der Waals surface area contributed by atoms with Crippen molar-refractivity contribution < 1.29 is 61.1 Å². The number of carbonyl (C=O) groups is 2. The second-order valence-corrected chi connectivity index (χ2v) is 11.8. The Bertz CT molecular complexity index is 1940. The highest BCUT2D eigenvalue weighted by molar-refractivity contribution is 5.99. The Labute approximate surface area is 276 Å². The molecule has 0 saturated carbocycles. The molecule has 260 valence electrons. The molecule has 0 radical (unpaired) electrons. The number of benzene rings is 3. The van der Waals surface area contributed by atoms with Gasteiger partial charge < -0.3 is 44.0 Å². The Morgan fingerprint density at radius 2 is 1.73 bits per heavy atom. The third-order valence-corrected chi connectivity index (χ3v) is 8.02. The zero-order valence-corrected chi connectivity index (χ0v) is 26.6. The minimum atomic E-state index is -4.51. The van der Waals surface area contributed by atoms with Crippen LogP contribution in [-0.2, 0) is 26.8 Å². The van der Waals surface area contributed by atoms with Gasteiger partial charge in [0.2, 0.25) is 6.29 Å². The SMILES string of the molecule is CO[C@@H]1[C@@H](OC(N)=O)[C@@H](O)[C@H](Oc2ccc3c(O)c(CC(=O)c4cccc(Oc5ccc(C(F)(F)F)cc5)c4)c(=O)oc3c2C)OC1(C)C. The normalized spacial score (nSPS) is 20.5. The number of amides is 1. The molecule has 4 atom stereocenters. The molecular formula is C34H32F3NO11. The zero-order valence-electron chi connectivity index (χ0n) is 26.6. The van der Waals surface area contributed by atoms with Gasteiger partial charge in [0.05, 0.1) is 22.1 Å². The highest BCUT2D eigenvalue weighted by Crippen LogP contribution is 2.38. The first-order chi connectivity index (χ1) is 23.0. The monoisotopic (exact) mass is 687 g/mol. The minimum Gasteiger partial charge on any atom is -0.507 e. The summed E-state index contributed by atoms with van der Waals surface area (Å²) in [6, 6.07) is 12.6. The predicted molar refractivity (Wildman–Crippen MR) is 166 cm³/mol. The summed E-state index contributed by atoms with van der Waals surface area (Å²) >= 11 is 0. The van der Waals surface area contributed by atoms with Crippen LogP contribution in [0.25, 0.3) is 11.0 Å². The lowest BCUT2D eigenvalue weighted by Crippen LogP contribution is -2.65. The lowest BCUT2D eigenvalue weighted by atomic mass is 9.89. The van der Waals surface area contributed by atoms with Gasteiger partial charge in [-0.1, -0.05) is 12.1 Å². The van der Waals surface area contributed by atoms with E-state index in [1.807, 2.05) is 0 Å². The third-order valence-electron chi connectivity index (χ3n) is 8.02. The molecule has 4 N–H and O–H groups in total. The first kappa shape index (κ1) is 35.2. The van der Waals surface area contributed by atoms with Gasteiger partial charge in [0, 0.05) is 24.7 Å². The van der Waals surface area contributed by atoms with E-state index in [4.69, 9.17) is 33.8 Å². The van der Waals surface area contributed by atoms with Crippen LogP contribution < -0.4 is 20.8 Å². The number of alkyl halides is 3. The molecule has 5 rings (SSSR count). The van der Waals surface area contributed by atoms with E-state index in [9.17, 15) is 37.8 Å². The number of ketones is 1. The number of Topliss-reactive ketones (excluding diaryl/α,β-unsaturated/α-hetero) is 1. The Hall–Kier alpha value is -5.12. The van der Waals surface area contributed by atoms with Crippen LogP contribution in [0.1, 0.15) is 40.9 Å². The summed E-state index contributed by atoms with van der Waals surface area (Å²) in [5.74, 6) is -0.721. The number of hydrogen-bond donors (Lipinski definition) is 3. The van der Waals surface area contributed by atoms with Crippen LogP contribution in [0.3, 0.4) is 0 Å². The van der Waals surface area contributed by atoms with Crippen molar-refractivity contribution in [3.63, 3.8) is 0 Å². The molecule has 2 heterocycles. The maximum absolute atomic E-state index is 13.2. The minimum absolute atomic E-state index is 0.0626. The summed E-state index contributed by atoms with van der Waals surface area (Å²) in [5.41, 5.74) is 2.20. The van der Waals surface area contributed by atoms with Crippen molar-refractivity contribution in [1.29, 1.82) is 0 Å². The summed E-state index contributed by atoms with van der Waals surface area (Å²) < 4.78 is 72.1. The summed E-state index contributed by atoms with van der Waals surface area (Å²) in [6.45, 7) is 4.80. The van der Waals surface area contributed by atoms with E-state index in [2.05, 4.69) is 0 Å². The van der Waals surface area contributed by atoms with E-state index in [-0.39, 0.29) is 44.9 Å². The lowest BCUT2D eigenvalue weighted by molar-refractivity contribution is -0.304. The molecule has 1 aliphatic rings. The molecule has 3 aromatic carbocycles. The Balaban J connectivity index is 1.36. The van der Waals surface area contributed by atoms with Crippen LogP contribution >= 0.6 is 0 Å². The van der Waals surface area contributed by atoms with Crippen LogP contribution in [0.4, 0.5) is 18.0 Å². The first-order valence-electron chi connectivity index (χ1n) is 14.8. The number of rotatable bonds is 9. The van der Waals surface area contributed by atoms with Gasteiger partial charge in [-0.25, -0.2) is 9.59 Å². The van der Waals surface area contributed by atoms with Gasteiger partial charge in [-0.05, 0) is 69.3 Å². The van der Waals surface area contributed by atoms with Gasteiger partial charge in [-0.3, -0.25) is 4.79 Å². The number of fused-ring (bicyclic) bond motifs is 1. The Morgan fingerprint density at radius 3 is 2.37 bits per heavy atom. The fourth-order valence-electron chi connectivity index (χ4n) is 5.60. The van der Waals surface area contributed by atoms with Crippen molar-refractivity contribution >= 4 is 22.8 Å². The maximum atomic E-state index is 13.2. The zero-order chi connectivity index (χ0) is 35.8. The number of hydrogen-bond acceptors (Lipinski definition) is 11. The quantitative estimate of drug-likeness (QED) is 0.152. The summed E-state index contributed by atoms with van der Waals surface area (Å²) in [4.78, 5) is 37.8. The second kappa shape index (κ2) is 13.4. The highest BCUT2D eigenvalue weighted by Gasteiger charge is 2.53. The summed E-state index contributed by atoms with van der Waals surface area (Å²) in [6.07, 6.45) is -11.3. The number of aliphatic hydroxyl groups excluding tert-OH is 1. The average Bonchev–Trinajstić information content (AvgIpc) is 3.02. The summed E-state index contributed by atoms with van der Waals surface area (Å²) in [7, 11) is 1.35. The van der Waals surface area contributed by atoms with Gasteiger partial charge in [0.1, 0.15) is 34.7 Å². The van der Waals surface area contributed by atoms with Crippen LogP contribution in [0, 0.1) is 6.92 Å². The van der Waals surface area contributed by atoms with Crippen molar-refractivity contribution in [2.24, 2.45) is 5.73 Å². The van der Waals surface area contributed by atoms with E-state index in [1.54, 1.807) is 13.8 Å². The fraction of sp³-hybridized carbons (Fsp3) is 0.324. The van der Waals surface area contributed by atoms with Crippen molar-refractivity contribution in [3.8, 4) is 23.0 Å². The predicted octanol–water partition coefficient (Wildman–Crippen LogP) is 5.40. The molecule has 15 heteroatoms. The molecule has 0 spiro atoms. The number of aromatic hydroxyl groups is 1. The molecule has 49 heavy (non-hydrogen) atoms. The number of aliphatic hydroxyl groups is 1. The molecular weight excluding hydrogens is 655 g/mol. The molecule has 0 unspecified atom stereocenters. The molecule has 1 amide bonds. The molecule has 1 fully saturated rings. The van der Waals surface area contributed by atoms with E-state index in [0.29, 0.717) is 0 Å². The average molecular weight is 688 g/mol. The van der Waals surface area contributed by atoms with E-state index >= 15 is 0 Å². The van der Waals surface area contributed by atoms with Gasteiger partial charge in [0.25, 0.3) is 0 Å². The van der Waals surface area contributed by atoms with Crippen LogP contribution in [-0.4, -0.2) is 59.4 Å². The number of ether oxygens (including phenoxy) is 5. The fourth-order valence-corrected chi connectivity index (χ4v) is 5.60. The molecule has 1 aromatic heterocycles. The molecule has 12 nitrogen and oxygen atoms in total. The highest BCUT2D eigenvalue weighted by atomic mass is 19.4. The first-order valence-corrected chi connectivity index (χ1v) is 14.8. The van der Waals surface area contributed by atoms with Gasteiger partial charge in [-0.2, -0.15) is 13.2 Å². The van der Waals surface area contributed by atoms with Gasteiger partial charge >= 0.3 is 17.9 Å². The largest absolute Gasteiger partial charge is 0.507 e. The number of primary amides is 1. The number of halogens is 3. The number of nitrogens with two attached hydrogens (primary N) is 1. The number of carbonyl (C=O) groups excluding carboxylic acids is 2. The summed E-state index contributed by atoms with van der Waals surface area (Å²) in [5, 5.41) is 22.1. The van der Waals surface area contributed by atoms with Crippen molar-refractivity contribution in [3.05, 3.63) is 93.3 Å². The van der Waals surface area contributed by atoms with E-state index in [0.717, 1.165) is 24.3 Å². The van der Waals surface area contributed by atoms with Crippen molar-refractivity contribution in [2.45, 2.75) is 63.6 Å². The van der Waals surface area contributed by atoms with Crippen LogP contribution in [0.5, 0.6) is 23.0 Å². The standard InChI is InChI=1S/C34H32F3NO11/c1-16-24(46-31-26(41)28(48-32(38)43)29(44-4)33(2,3)49-31)13-12-21-25(40)22(30(42)47-27(16)21)15-23(39)17-6-5-7-20(14-17)45-19-10-8-18(9-11-19)34(35,36)37/h5-14,26,28-29,31,40-41H,15H2,1-4H3,(H2,38,43)/t26-,28+,29-,31-/m1/s1. The van der Waals surface area contributed by atoms with Crippen molar-refractivity contribution in [1.82, 2.24) is 0 Å². The Kier molecular flexibility index (Phi) is 9.63. The second-order valence-electron chi connectivity index (χ2n) is 11.8. The van der Waals surface area contributed by atoms with Crippen LogP contribution in [0.15, 0.2) is 69.9 Å². The maximum Gasteiger partial charge on any atom is 0.416 e. The van der Waals surface area contributed by atoms with E-state index < -0.39 is 71.6 Å². The topological polar surface area (TPSA) is 177 Å².